The van der Waals surface area contributed by atoms with E-state index in [1.807, 2.05) is 12.1 Å². The zero-order valence-corrected chi connectivity index (χ0v) is 11.6. The van der Waals surface area contributed by atoms with E-state index in [-0.39, 0.29) is 5.91 Å². The third kappa shape index (κ3) is 2.20. The summed E-state index contributed by atoms with van der Waals surface area (Å²) in [5.74, 6) is 0.000728. The Morgan fingerprint density at radius 3 is 2.84 bits per heavy atom. The van der Waals surface area contributed by atoms with E-state index in [0.717, 1.165) is 4.70 Å². The molecule has 0 fully saturated rings. The van der Waals surface area contributed by atoms with Crippen LogP contribution in [-0.4, -0.2) is 11.1 Å². The number of rotatable bonds is 2. The van der Waals surface area contributed by atoms with Crippen molar-refractivity contribution in [2.75, 3.05) is 5.32 Å². The molecule has 0 saturated carbocycles. The second kappa shape index (κ2) is 4.85. The van der Waals surface area contributed by atoms with E-state index >= 15 is 0 Å². The molecular formula is C12H6Cl2N2O2S. The van der Waals surface area contributed by atoms with E-state index < -0.39 is 0 Å². The van der Waals surface area contributed by atoms with E-state index in [1.165, 1.54) is 17.6 Å². The number of hydrogen-bond donors (Lipinski definition) is 1. The van der Waals surface area contributed by atoms with Crippen LogP contribution >= 0.6 is 34.5 Å². The second-order valence-corrected chi connectivity index (χ2v) is 5.53. The molecule has 96 valence electrons. The Morgan fingerprint density at radius 2 is 2.16 bits per heavy atom. The quantitative estimate of drug-likeness (QED) is 0.760. The summed E-state index contributed by atoms with van der Waals surface area (Å²) in [4.78, 5) is 12.5. The first-order valence-corrected chi connectivity index (χ1v) is 6.82. The second-order valence-electron chi connectivity index (χ2n) is 3.70. The summed E-state index contributed by atoms with van der Waals surface area (Å²) in [6.45, 7) is 0. The van der Waals surface area contributed by atoms with Gasteiger partial charge in [-0.05, 0) is 12.1 Å². The molecule has 3 rings (SSSR count). The molecule has 1 aromatic carbocycles. The van der Waals surface area contributed by atoms with Crippen LogP contribution in [0.25, 0.3) is 10.1 Å². The van der Waals surface area contributed by atoms with Gasteiger partial charge in [-0.25, -0.2) is 0 Å². The number of benzene rings is 1. The lowest BCUT2D eigenvalue weighted by atomic mass is 10.2. The predicted molar refractivity (Wildman–Crippen MR) is 76.3 cm³/mol. The van der Waals surface area contributed by atoms with Crippen molar-refractivity contribution in [3.63, 3.8) is 0 Å². The minimum atomic E-state index is -0.337. The number of nitrogens with zero attached hydrogens (tertiary/aromatic N) is 1. The van der Waals surface area contributed by atoms with Crippen LogP contribution < -0.4 is 5.32 Å². The number of aromatic nitrogens is 1. The molecule has 1 amide bonds. The molecule has 0 spiro atoms. The maximum absolute atomic E-state index is 12.1. The van der Waals surface area contributed by atoms with Crippen molar-refractivity contribution in [3.8, 4) is 0 Å². The van der Waals surface area contributed by atoms with Gasteiger partial charge in [0.15, 0.2) is 5.82 Å². The third-order valence-electron chi connectivity index (χ3n) is 2.49. The van der Waals surface area contributed by atoms with Crippen LogP contribution in [0.3, 0.4) is 0 Å². The predicted octanol–water partition coefficient (Wildman–Crippen LogP) is 4.45. The highest BCUT2D eigenvalue weighted by molar-refractivity contribution is 7.21. The van der Waals surface area contributed by atoms with Gasteiger partial charge < -0.3 is 9.84 Å². The summed E-state index contributed by atoms with van der Waals surface area (Å²) >= 11 is 13.6. The monoisotopic (exact) mass is 312 g/mol. The Kier molecular flexibility index (Phi) is 3.18. The van der Waals surface area contributed by atoms with Crippen LogP contribution in [0, 0.1) is 0 Å². The van der Waals surface area contributed by atoms with Crippen LogP contribution in [0.15, 0.2) is 35.1 Å². The molecule has 0 aliphatic carbocycles. The highest BCUT2D eigenvalue weighted by atomic mass is 35.5. The fourth-order valence-electron chi connectivity index (χ4n) is 1.67. The van der Waals surface area contributed by atoms with E-state index in [9.17, 15) is 4.79 Å². The minimum Gasteiger partial charge on any atom is -0.363 e. The van der Waals surface area contributed by atoms with Gasteiger partial charge >= 0.3 is 0 Å². The average Bonchev–Trinajstić information content (AvgIpc) is 2.98. The Balaban J connectivity index is 2.03. The zero-order chi connectivity index (χ0) is 13.4. The average molecular weight is 313 g/mol. The van der Waals surface area contributed by atoms with Crippen molar-refractivity contribution < 1.29 is 9.32 Å². The van der Waals surface area contributed by atoms with Crippen LogP contribution in [0.2, 0.25) is 10.0 Å². The van der Waals surface area contributed by atoms with E-state index in [4.69, 9.17) is 23.2 Å². The highest BCUT2D eigenvalue weighted by Crippen LogP contribution is 2.39. The maximum Gasteiger partial charge on any atom is 0.268 e. The molecule has 0 aliphatic heterocycles. The van der Waals surface area contributed by atoms with Gasteiger partial charge in [-0.3, -0.25) is 4.79 Å². The summed E-state index contributed by atoms with van der Waals surface area (Å²) in [6, 6.07) is 6.97. The van der Waals surface area contributed by atoms with Crippen molar-refractivity contribution in [1.29, 1.82) is 0 Å². The molecule has 2 heterocycles. The molecule has 0 bridgehead atoms. The van der Waals surface area contributed by atoms with E-state index in [1.54, 1.807) is 12.1 Å². The van der Waals surface area contributed by atoms with Crippen molar-refractivity contribution in [3.05, 3.63) is 45.5 Å². The number of carbonyl (C=O) groups is 1. The Bertz CT molecular complexity index is 753. The normalized spacial score (nSPS) is 10.8. The standard InChI is InChI=1S/C12H6Cl2N2O2S/c13-6-2-1-3-7-9(6)10(14)11(19-7)12(17)15-8-4-5-18-16-8/h1-5H,(H,15,16,17). The largest absolute Gasteiger partial charge is 0.363 e. The number of thiophene rings is 1. The number of fused-ring (bicyclic) bond motifs is 1. The third-order valence-corrected chi connectivity index (χ3v) is 4.45. The number of carbonyl (C=O) groups excluding carboxylic acids is 1. The first-order chi connectivity index (χ1) is 9.16. The molecule has 0 unspecified atom stereocenters. The van der Waals surface area contributed by atoms with Crippen molar-refractivity contribution in [2.45, 2.75) is 0 Å². The lowest BCUT2D eigenvalue weighted by molar-refractivity contribution is 0.103. The summed E-state index contributed by atoms with van der Waals surface area (Å²) < 4.78 is 5.51. The van der Waals surface area contributed by atoms with Crippen molar-refractivity contribution in [1.82, 2.24) is 5.16 Å². The van der Waals surface area contributed by atoms with Crippen molar-refractivity contribution in [2.24, 2.45) is 0 Å². The summed E-state index contributed by atoms with van der Waals surface area (Å²) in [6.07, 6.45) is 1.37. The summed E-state index contributed by atoms with van der Waals surface area (Å²) in [5, 5.41) is 7.79. The molecule has 0 aliphatic rings. The summed E-state index contributed by atoms with van der Waals surface area (Å²) in [7, 11) is 0. The smallest absolute Gasteiger partial charge is 0.268 e. The number of anilines is 1. The molecule has 7 heteroatoms. The summed E-state index contributed by atoms with van der Waals surface area (Å²) in [5.41, 5.74) is 0. The van der Waals surface area contributed by atoms with Gasteiger partial charge in [-0.1, -0.05) is 34.4 Å². The van der Waals surface area contributed by atoms with Crippen LogP contribution in [-0.2, 0) is 0 Å². The van der Waals surface area contributed by atoms with Gasteiger partial charge in [0.25, 0.3) is 5.91 Å². The molecule has 1 N–H and O–H groups in total. The van der Waals surface area contributed by atoms with Gasteiger partial charge in [0.2, 0.25) is 0 Å². The van der Waals surface area contributed by atoms with Gasteiger partial charge in [0, 0.05) is 16.2 Å². The van der Waals surface area contributed by atoms with Crippen LogP contribution in [0.4, 0.5) is 5.82 Å². The molecule has 19 heavy (non-hydrogen) atoms. The van der Waals surface area contributed by atoms with E-state index in [0.29, 0.717) is 26.1 Å². The van der Waals surface area contributed by atoms with Gasteiger partial charge in [-0.2, -0.15) is 0 Å². The number of halogens is 2. The molecule has 2 aromatic heterocycles. The Hall–Kier alpha value is -1.56. The fourth-order valence-corrected chi connectivity index (χ4v) is 3.52. The van der Waals surface area contributed by atoms with Gasteiger partial charge in [-0.15, -0.1) is 11.3 Å². The minimum absolute atomic E-state index is 0.337. The highest BCUT2D eigenvalue weighted by Gasteiger charge is 2.19. The van der Waals surface area contributed by atoms with Crippen LogP contribution in [0.5, 0.6) is 0 Å². The first kappa shape index (κ1) is 12.5. The molecule has 0 atom stereocenters. The van der Waals surface area contributed by atoms with Crippen LogP contribution in [0.1, 0.15) is 9.67 Å². The van der Waals surface area contributed by atoms with Gasteiger partial charge in [0.05, 0.1) is 10.0 Å². The molecule has 3 aromatic rings. The number of amides is 1. The first-order valence-electron chi connectivity index (χ1n) is 5.25. The Labute approximate surface area is 121 Å². The molecular weight excluding hydrogens is 307 g/mol. The fraction of sp³-hybridized carbons (Fsp3) is 0. The zero-order valence-electron chi connectivity index (χ0n) is 9.31. The SMILES string of the molecule is O=C(Nc1ccon1)c1sc2cccc(Cl)c2c1Cl. The molecule has 0 saturated heterocycles. The molecule has 4 nitrogen and oxygen atoms in total. The topological polar surface area (TPSA) is 55.1 Å². The maximum atomic E-state index is 12.1. The lowest BCUT2D eigenvalue weighted by Crippen LogP contribution is -2.10. The number of hydrogen-bond acceptors (Lipinski definition) is 4. The lowest BCUT2D eigenvalue weighted by Gasteiger charge is -1.98. The Morgan fingerprint density at radius 1 is 1.32 bits per heavy atom. The van der Waals surface area contributed by atoms with Crippen molar-refractivity contribution >= 4 is 56.3 Å². The van der Waals surface area contributed by atoms with Gasteiger partial charge in [0.1, 0.15) is 11.1 Å². The molecule has 0 radical (unpaired) electrons. The van der Waals surface area contributed by atoms with E-state index in [2.05, 4.69) is 15.0 Å². The number of nitrogens with one attached hydrogen (secondary N) is 1.